The molecule has 0 aromatic carbocycles. The van der Waals surface area contributed by atoms with E-state index in [-0.39, 0.29) is 0 Å². The van der Waals surface area contributed by atoms with Crippen molar-refractivity contribution in [1.82, 2.24) is 9.55 Å². The van der Waals surface area contributed by atoms with Crippen LogP contribution in [0.2, 0.25) is 0 Å². The van der Waals surface area contributed by atoms with Crippen molar-refractivity contribution < 1.29 is 0 Å². The number of rotatable bonds is 3. The van der Waals surface area contributed by atoms with Gasteiger partial charge in [0.05, 0.1) is 12.2 Å². The summed E-state index contributed by atoms with van der Waals surface area (Å²) in [4.78, 5) is 4.37. The highest BCUT2D eigenvalue weighted by atomic mass is 15.0. The molecular weight excluding hydrogens is 186 g/mol. The molecule has 2 N–H and O–H groups in total. The SMILES string of the molecule is Cc1cccnc1Cn1cccc1CN. The van der Waals surface area contributed by atoms with E-state index in [2.05, 4.69) is 22.5 Å². The number of aromatic nitrogens is 2. The van der Waals surface area contributed by atoms with Crippen molar-refractivity contribution in [3.05, 3.63) is 53.6 Å². The lowest BCUT2D eigenvalue weighted by Crippen LogP contribution is -2.09. The largest absolute Gasteiger partial charge is 0.344 e. The Labute approximate surface area is 89.6 Å². The molecule has 2 heterocycles. The third-order valence-corrected chi connectivity index (χ3v) is 2.57. The fourth-order valence-electron chi connectivity index (χ4n) is 1.63. The second-order valence-corrected chi connectivity index (χ2v) is 3.60. The van der Waals surface area contributed by atoms with Crippen molar-refractivity contribution in [3.8, 4) is 0 Å². The van der Waals surface area contributed by atoms with Gasteiger partial charge in [-0.25, -0.2) is 0 Å². The monoisotopic (exact) mass is 201 g/mol. The standard InChI is InChI=1S/C12H15N3/c1-10-4-2-6-14-12(10)9-15-7-3-5-11(15)8-13/h2-7H,8-9,13H2,1H3. The second kappa shape index (κ2) is 4.28. The van der Waals surface area contributed by atoms with Crippen LogP contribution in [0.5, 0.6) is 0 Å². The topological polar surface area (TPSA) is 43.8 Å². The van der Waals surface area contributed by atoms with E-state index in [0.717, 1.165) is 17.9 Å². The Morgan fingerprint density at radius 3 is 2.93 bits per heavy atom. The quantitative estimate of drug-likeness (QED) is 0.821. The number of pyridine rings is 1. The van der Waals surface area contributed by atoms with Crippen molar-refractivity contribution in [3.63, 3.8) is 0 Å². The molecule has 2 aromatic heterocycles. The molecule has 3 heteroatoms. The smallest absolute Gasteiger partial charge is 0.0648 e. The summed E-state index contributed by atoms with van der Waals surface area (Å²) in [5.41, 5.74) is 9.10. The van der Waals surface area contributed by atoms with Crippen LogP contribution >= 0.6 is 0 Å². The fraction of sp³-hybridized carbons (Fsp3) is 0.250. The van der Waals surface area contributed by atoms with Gasteiger partial charge in [-0.1, -0.05) is 6.07 Å². The highest BCUT2D eigenvalue weighted by Crippen LogP contribution is 2.08. The lowest BCUT2D eigenvalue weighted by molar-refractivity contribution is 0.722. The summed E-state index contributed by atoms with van der Waals surface area (Å²) in [6.45, 7) is 3.44. The van der Waals surface area contributed by atoms with Crippen LogP contribution in [-0.2, 0) is 13.1 Å². The van der Waals surface area contributed by atoms with Crippen molar-refractivity contribution in [2.75, 3.05) is 0 Å². The van der Waals surface area contributed by atoms with Gasteiger partial charge in [-0.05, 0) is 30.7 Å². The summed E-state index contributed by atoms with van der Waals surface area (Å²) in [7, 11) is 0. The van der Waals surface area contributed by atoms with Gasteiger partial charge >= 0.3 is 0 Å². The highest BCUT2D eigenvalue weighted by Gasteiger charge is 2.02. The van der Waals surface area contributed by atoms with E-state index in [1.165, 1.54) is 5.56 Å². The molecule has 0 radical (unpaired) electrons. The molecule has 0 saturated heterocycles. The van der Waals surface area contributed by atoms with Crippen LogP contribution < -0.4 is 5.73 Å². The Morgan fingerprint density at radius 1 is 1.33 bits per heavy atom. The summed E-state index contributed by atoms with van der Waals surface area (Å²) >= 11 is 0. The first-order valence-electron chi connectivity index (χ1n) is 5.06. The molecule has 2 rings (SSSR count). The molecule has 3 nitrogen and oxygen atoms in total. The van der Waals surface area contributed by atoms with Crippen LogP contribution in [0.1, 0.15) is 17.0 Å². The lowest BCUT2D eigenvalue weighted by atomic mass is 10.2. The van der Waals surface area contributed by atoms with E-state index in [4.69, 9.17) is 5.73 Å². The van der Waals surface area contributed by atoms with Crippen LogP contribution in [-0.4, -0.2) is 9.55 Å². The first-order valence-corrected chi connectivity index (χ1v) is 5.06. The zero-order valence-corrected chi connectivity index (χ0v) is 8.85. The van der Waals surface area contributed by atoms with E-state index in [9.17, 15) is 0 Å². The van der Waals surface area contributed by atoms with Gasteiger partial charge in [-0.2, -0.15) is 0 Å². The molecule has 78 valence electrons. The van der Waals surface area contributed by atoms with Crippen LogP contribution in [0, 0.1) is 6.92 Å². The van der Waals surface area contributed by atoms with Crippen molar-refractivity contribution in [1.29, 1.82) is 0 Å². The van der Waals surface area contributed by atoms with Gasteiger partial charge in [-0.15, -0.1) is 0 Å². The maximum absolute atomic E-state index is 5.65. The van der Waals surface area contributed by atoms with Gasteiger partial charge in [0.25, 0.3) is 0 Å². The third kappa shape index (κ3) is 2.07. The molecule has 0 unspecified atom stereocenters. The summed E-state index contributed by atoms with van der Waals surface area (Å²) in [5.74, 6) is 0. The van der Waals surface area contributed by atoms with Crippen LogP contribution in [0.4, 0.5) is 0 Å². The Morgan fingerprint density at radius 2 is 2.20 bits per heavy atom. The minimum absolute atomic E-state index is 0.568. The summed E-state index contributed by atoms with van der Waals surface area (Å²) < 4.78 is 2.13. The Hall–Kier alpha value is -1.61. The average molecular weight is 201 g/mol. The number of nitrogens with zero attached hydrogens (tertiary/aromatic N) is 2. The summed E-state index contributed by atoms with van der Waals surface area (Å²) in [5, 5.41) is 0. The molecule has 0 amide bonds. The van der Waals surface area contributed by atoms with E-state index in [1.807, 2.05) is 30.6 Å². The normalized spacial score (nSPS) is 10.5. The number of hydrogen-bond acceptors (Lipinski definition) is 2. The molecule has 0 fully saturated rings. The second-order valence-electron chi connectivity index (χ2n) is 3.60. The minimum Gasteiger partial charge on any atom is -0.344 e. The number of hydrogen-bond donors (Lipinski definition) is 1. The molecule has 2 aromatic rings. The first-order chi connectivity index (χ1) is 7.31. The maximum atomic E-state index is 5.65. The van der Waals surface area contributed by atoms with Crippen molar-refractivity contribution in [2.45, 2.75) is 20.0 Å². The van der Waals surface area contributed by atoms with Crippen LogP contribution in [0.25, 0.3) is 0 Å². The van der Waals surface area contributed by atoms with Crippen molar-refractivity contribution >= 4 is 0 Å². The molecule has 0 aliphatic heterocycles. The molecule has 0 spiro atoms. The number of nitrogens with two attached hydrogens (primary N) is 1. The molecule has 0 saturated carbocycles. The van der Waals surface area contributed by atoms with Crippen LogP contribution in [0.3, 0.4) is 0 Å². The van der Waals surface area contributed by atoms with E-state index in [1.54, 1.807) is 0 Å². The maximum Gasteiger partial charge on any atom is 0.0648 e. The predicted octanol–water partition coefficient (Wildman–Crippen LogP) is 1.70. The van der Waals surface area contributed by atoms with Gasteiger partial charge in [0.15, 0.2) is 0 Å². The Balaban J connectivity index is 2.26. The van der Waals surface area contributed by atoms with Gasteiger partial charge in [0.1, 0.15) is 0 Å². The van der Waals surface area contributed by atoms with Gasteiger partial charge < -0.3 is 10.3 Å². The zero-order chi connectivity index (χ0) is 10.7. The Bertz CT molecular complexity index is 446. The number of aryl methyl sites for hydroxylation is 1. The van der Waals surface area contributed by atoms with E-state index in [0.29, 0.717) is 6.54 Å². The van der Waals surface area contributed by atoms with E-state index >= 15 is 0 Å². The molecular formula is C12H15N3. The van der Waals surface area contributed by atoms with Gasteiger partial charge in [0, 0.05) is 24.6 Å². The van der Waals surface area contributed by atoms with Crippen molar-refractivity contribution in [2.24, 2.45) is 5.73 Å². The molecule has 0 bridgehead atoms. The summed E-state index contributed by atoms with van der Waals surface area (Å²) in [6, 6.07) is 8.09. The molecule has 0 aliphatic rings. The molecule has 0 atom stereocenters. The average Bonchev–Trinajstić information content (AvgIpc) is 2.69. The van der Waals surface area contributed by atoms with E-state index < -0.39 is 0 Å². The fourth-order valence-corrected chi connectivity index (χ4v) is 1.63. The van der Waals surface area contributed by atoms with Gasteiger partial charge in [-0.3, -0.25) is 4.98 Å². The molecule has 0 aliphatic carbocycles. The first kappa shape index (κ1) is 9.93. The summed E-state index contributed by atoms with van der Waals surface area (Å²) in [6.07, 6.45) is 3.87. The minimum atomic E-state index is 0.568. The van der Waals surface area contributed by atoms with Crippen LogP contribution in [0.15, 0.2) is 36.7 Å². The van der Waals surface area contributed by atoms with Gasteiger partial charge in [0.2, 0.25) is 0 Å². The zero-order valence-electron chi connectivity index (χ0n) is 8.85. The lowest BCUT2D eigenvalue weighted by Gasteiger charge is -2.08. The third-order valence-electron chi connectivity index (χ3n) is 2.57. The molecule has 15 heavy (non-hydrogen) atoms. The highest BCUT2D eigenvalue weighted by molar-refractivity contribution is 5.19. The Kier molecular flexibility index (Phi) is 2.83. The predicted molar refractivity (Wildman–Crippen MR) is 60.4 cm³/mol.